The van der Waals surface area contributed by atoms with Crippen LogP contribution in [-0.4, -0.2) is 26.0 Å². The van der Waals surface area contributed by atoms with Gasteiger partial charge in [-0.3, -0.25) is 4.84 Å². The van der Waals surface area contributed by atoms with E-state index in [1.807, 2.05) is 6.07 Å². The number of rotatable bonds is 3. The SMILES string of the molecule is N#Cc1cccc(CS(=O)(=O)N2CCCCO2)c1. The topological polar surface area (TPSA) is 70.4 Å². The molecule has 0 radical (unpaired) electrons. The van der Waals surface area contributed by atoms with Gasteiger partial charge in [-0.25, -0.2) is 8.42 Å². The van der Waals surface area contributed by atoms with Gasteiger partial charge in [0.2, 0.25) is 10.0 Å². The molecule has 0 atom stereocenters. The summed E-state index contributed by atoms with van der Waals surface area (Å²) < 4.78 is 25.2. The van der Waals surface area contributed by atoms with Crippen molar-refractivity contribution in [3.63, 3.8) is 0 Å². The molecular formula is C12H14N2O3S. The molecule has 1 fully saturated rings. The maximum Gasteiger partial charge on any atom is 0.240 e. The Kier molecular flexibility index (Phi) is 3.97. The Morgan fingerprint density at radius 3 is 2.89 bits per heavy atom. The van der Waals surface area contributed by atoms with Gasteiger partial charge in [0.15, 0.2) is 0 Å². The highest BCUT2D eigenvalue weighted by Crippen LogP contribution is 2.16. The Labute approximate surface area is 107 Å². The summed E-state index contributed by atoms with van der Waals surface area (Å²) in [5, 5.41) is 8.77. The van der Waals surface area contributed by atoms with E-state index in [4.69, 9.17) is 10.1 Å². The predicted octanol–water partition coefficient (Wildman–Crippen LogP) is 1.42. The van der Waals surface area contributed by atoms with Gasteiger partial charge >= 0.3 is 0 Å². The molecule has 0 unspecified atom stereocenters. The first-order valence-corrected chi connectivity index (χ1v) is 7.35. The summed E-state index contributed by atoms with van der Waals surface area (Å²) in [5.41, 5.74) is 1.06. The van der Waals surface area contributed by atoms with Crippen LogP contribution in [0.15, 0.2) is 24.3 Å². The van der Waals surface area contributed by atoms with Crippen LogP contribution in [0.2, 0.25) is 0 Å². The highest BCUT2D eigenvalue weighted by atomic mass is 32.2. The van der Waals surface area contributed by atoms with Crippen LogP contribution in [0.5, 0.6) is 0 Å². The van der Waals surface area contributed by atoms with Gasteiger partial charge in [0.05, 0.1) is 24.0 Å². The first-order chi connectivity index (χ1) is 8.62. The summed E-state index contributed by atoms with van der Waals surface area (Å²) >= 11 is 0. The van der Waals surface area contributed by atoms with E-state index < -0.39 is 10.0 Å². The van der Waals surface area contributed by atoms with Crippen LogP contribution in [-0.2, 0) is 20.6 Å². The third-order valence-corrected chi connectivity index (χ3v) is 4.29. The molecule has 1 saturated heterocycles. The van der Waals surface area contributed by atoms with Crippen molar-refractivity contribution >= 4 is 10.0 Å². The molecule has 6 heteroatoms. The molecule has 5 nitrogen and oxygen atoms in total. The fourth-order valence-electron chi connectivity index (χ4n) is 1.81. The van der Waals surface area contributed by atoms with Crippen LogP contribution >= 0.6 is 0 Å². The van der Waals surface area contributed by atoms with Gasteiger partial charge in [0, 0.05) is 6.54 Å². The summed E-state index contributed by atoms with van der Waals surface area (Å²) in [6.07, 6.45) is 1.70. The van der Waals surface area contributed by atoms with Crippen LogP contribution in [0.25, 0.3) is 0 Å². The molecule has 0 aromatic heterocycles. The van der Waals surface area contributed by atoms with Crippen LogP contribution in [0.4, 0.5) is 0 Å². The largest absolute Gasteiger partial charge is 0.284 e. The monoisotopic (exact) mass is 266 g/mol. The molecule has 2 rings (SSSR count). The quantitative estimate of drug-likeness (QED) is 0.829. The minimum Gasteiger partial charge on any atom is -0.284 e. The maximum absolute atomic E-state index is 12.1. The number of benzene rings is 1. The molecule has 0 bridgehead atoms. The van der Waals surface area contributed by atoms with E-state index in [9.17, 15) is 8.42 Å². The highest BCUT2D eigenvalue weighted by molar-refractivity contribution is 7.88. The van der Waals surface area contributed by atoms with Crippen molar-refractivity contribution in [3.8, 4) is 6.07 Å². The lowest BCUT2D eigenvalue weighted by Gasteiger charge is -2.25. The summed E-state index contributed by atoms with van der Waals surface area (Å²) in [6.45, 7) is 0.845. The van der Waals surface area contributed by atoms with Gasteiger partial charge in [0.1, 0.15) is 0 Å². The number of sulfonamides is 1. The van der Waals surface area contributed by atoms with E-state index in [-0.39, 0.29) is 5.75 Å². The summed E-state index contributed by atoms with van der Waals surface area (Å²) in [7, 11) is -3.46. The molecule has 0 saturated carbocycles. The lowest BCUT2D eigenvalue weighted by molar-refractivity contribution is -0.109. The van der Waals surface area contributed by atoms with Crippen molar-refractivity contribution < 1.29 is 13.3 Å². The second-order valence-corrected chi connectivity index (χ2v) is 5.99. The molecular weight excluding hydrogens is 252 g/mol. The third kappa shape index (κ3) is 3.07. The van der Waals surface area contributed by atoms with Gasteiger partial charge in [-0.1, -0.05) is 16.6 Å². The van der Waals surface area contributed by atoms with Crippen molar-refractivity contribution in [1.82, 2.24) is 4.47 Å². The standard InChI is InChI=1S/C12H14N2O3S/c13-9-11-4-3-5-12(8-11)10-18(15,16)14-6-1-2-7-17-14/h3-5,8H,1-2,6-7,10H2. The van der Waals surface area contributed by atoms with Crippen molar-refractivity contribution in [1.29, 1.82) is 5.26 Å². The second kappa shape index (κ2) is 5.48. The highest BCUT2D eigenvalue weighted by Gasteiger charge is 2.25. The molecule has 0 spiro atoms. The summed E-state index contributed by atoms with van der Waals surface area (Å²) in [4.78, 5) is 5.15. The Morgan fingerprint density at radius 2 is 2.22 bits per heavy atom. The van der Waals surface area contributed by atoms with Crippen LogP contribution in [0.1, 0.15) is 24.0 Å². The van der Waals surface area contributed by atoms with Crippen LogP contribution < -0.4 is 0 Å². The van der Waals surface area contributed by atoms with Gasteiger partial charge in [-0.15, -0.1) is 0 Å². The van der Waals surface area contributed by atoms with Crippen LogP contribution in [0, 0.1) is 11.3 Å². The van der Waals surface area contributed by atoms with Crippen molar-refractivity contribution in [3.05, 3.63) is 35.4 Å². The molecule has 1 aromatic carbocycles. The zero-order valence-corrected chi connectivity index (χ0v) is 10.7. The molecule has 0 N–H and O–H groups in total. The first-order valence-electron chi connectivity index (χ1n) is 5.74. The smallest absolute Gasteiger partial charge is 0.240 e. The number of hydroxylamine groups is 1. The first kappa shape index (κ1) is 13.0. The van der Waals surface area contributed by atoms with Crippen molar-refractivity contribution in [2.24, 2.45) is 0 Å². The summed E-state index contributed by atoms with van der Waals surface area (Å²) in [5.74, 6) is -0.136. The van der Waals surface area contributed by atoms with Gasteiger partial charge in [-0.2, -0.15) is 5.26 Å². The molecule has 1 aliphatic heterocycles. The molecule has 0 aliphatic carbocycles. The van der Waals surface area contributed by atoms with E-state index in [1.165, 1.54) is 0 Å². The molecule has 0 amide bonds. The average Bonchev–Trinajstić information content (AvgIpc) is 2.39. The molecule has 96 valence electrons. The molecule has 1 heterocycles. The van der Waals surface area contributed by atoms with E-state index in [1.54, 1.807) is 24.3 Å². The fraction of sp³-hybridized carbons (Fsp3) is 0.417. The lowest BCUT2D eigenvalue weighted by atomic mass is 10.2. The summed E-state index contributed by atoms with van der Waals surface area (Å²) in [6, 6.07) is 8.60. The zero-order valence-electron chi connectivity index (χ0n) is 9.87. The Balaban J connectivity index is 2.14. The van der Waals surface area contributed by atoms with E-state index >= 15 is 0 Å². The van der Waals surface area contributed by atoms with Gasteiger partial charge in [0.25, 0.3) is 0 Å². The molecule has 1 aromatic rings. The van der Waals surface area contributed by atoms with Gasteiger partial charge < -0.3 is 0 Å². The number of hydrogen-bond acceptors (Lipinski definition) is 4. The fourth-order valence-corrected chi connectivity index (χ4v) is 3.19. The lowest BCUT2D eigenvalue weighted by Crippen LogP contribution is -2.36. The normalized spacial score (nSPS) is 17.3. The minimum atomic E-state index is -3.46. The number of nitrogens with zero attached hydrogens (tertiary/aromatic N) is 2. The minimum absolute atomic E-state index is 0.136. The van der Waals surface area contributed by atoms with Crippen molar-refractivity contribution in [2.75, 3.05) is 13.2 Å². The zero-order chi connectivity index (χ0) is 13.0. The second-order valence-electron chi connectivity index (χ2n) is 4.14. The number of nitriles is 1. The van der Waals surface area contributed by atoms with Gasteiger partial charge in [-0.05, 0) is 30.5 Å². The average molecular weight is 266 g/mol. The Bertz CT molecular complexity index is 557. The van der Waals surface area contributed by atoms with Crippen LogP contribution in [0.3, 0.4) is 0 Å². The molecule has 18 heavy (non-hydrogen) atoms. The molecule has 1 aliphatic rings. The third-order valence-electron chi connectivity index (χ3n) is 2.69. The Morgan fingerprint density at radius 1 is 1.39 bits per heavy atom. The maximum atomic E-state index is 12.1. The van der Waals surface area contributed by atoms with E-state index in [2.05, 4.69) is 0 Å². The Hall–Kier alpha value is -1.42. The van der Waals surface area contributed by atoms with Crippen molar-refractivity contribution in [2.45, 2.75) is 18.6 Å². The van der Waals surface area contributed by atoms with E-state index in [0.717, 1.165) is 17.3 Å². The number of hydrogen-bond donors (Lipinski definition) is 0. The predicted molar refractivity (Wildman–Crippen MR) is 65.7 cm³/mol. The van der Waals surface area contributed by atoms with E-state index in [0.29, 0.717) is 24.3 Å².